The number of nitrogens with one attached hydrogen (secondary N) is 2. The van der Waals surface area contributed by atoms with Crippen LogP contribution >= 0.6 is 0 Å². The lowest BCUT2D eigenvalue weighted by atomic mass is 9.49. The molecule has 4 fully saturated rings. The Morgan fingerprint density at radius 3 is 2.26 bits per heavy atom. The molecule has 1 heterocycles. The topological polar surface area (TPSA) is 127 Å². The van der Waals surface area contributed by atoms with E-state index in [9.17, 15) is 23.6 Å². The molecule has 7 rings (SSSR count). The number of anilines is 1. The molecule has 0 bridgehead atoms. The number of hydrogen-bond acceptors (Lipinski definition) is 9. The van der Waals surface area contributed by atoms with Crippen molar-refractivity contribution in [2.75, 3.05) is 31.1 Å². The molecule has 0 aromatic heterocycles. The molecule has 1 aliphatic heterocycles. The molecule has 4 aliphatic rings. The van der Waals surface area contributed by atoms with Crippen LogP contribution < -0.4 is 25.0 Å². The average molecular weight is 849 g/mol. The summed E-state index contributed by atoms with van der Waals surface area (Å²) >= 11 is 0. The Labute approximate surface area is 365 Å². The zero-order valence-corrected chi connectivity index (χ0v) is 37.3. The molecule has 11 nitrogen and oxygen atoms in total. The summed E-state index contributed by atoms with van der Waals surface area (Å²) < 4.78 is 33.8. The lowest BCUT2D eigenvalue weighted by Gasteiger charge is -2.63. The summed E-state index contributed by atoms with van der Waals surface area (Å²) in [6.07, 6.45) is 7.22. The first-order valence-electron chi connectivity index (χ1n) is 21.9. The molecule has 2 amide bonds. The van der Waals surface area contributed by atoms with E-state index in [0.717, 1.165) is 54.1 Å². The standard InChI is InChI=1S/C50H61FN4O7/c1-10-40-30(4)21-37(22-31(40)5)62-48-49(6,7)47(50(48,8)9)53-45(58)32-11-13-33(14-12-32)54-19-20-60-39(27-54)28-55(29(2)3)34-23-38(24-34)61-36-16-17-42(51)41(26-36)46(59)52-43-18-15-35(56)25-44(43)57/h1,11-14,16-17,21-22,26,29,34,38-39,43,47-48H,15,18-20,23-25,27-28H2,2-9H3,(H,52,59)(H,53,58)/t34?,38?,39?,43-,47?,48?/m0/s1. The minimum Gasteiger partial charge on any atom is -0.490 e. The molecule has 3 aromatic rings. The van der Waals surface area contributed by atoms with Crippen LogP contribution in [0.15, 0.2) is 54.6 Å². The summed E-state index contributed by atoms with van der Waals surface area (Å²) in [5, 5.41) is 5.92. The van der Waals surface area contributed by atoms with Crippen molar-refractivity contribution < 1.29 is 37.8 Å². The van der Waals surface area contributed by atoms with Crippen LogP contribution in [-0.4, -0.2) is 97.0 Å². The van der Waals surface area contributed by atoms with Gasteiger partial charge >= 0.3 is 0 Å². The number of carbonyl (C=O) groups excluding carboxylic acids is 4. The van der Waals surface area contributed by atoms with Gasteiger partial charge in [0.1, 0.15) is 35.3 Å². The van der Waals surface area contributed by atoms with Gasteiger partial charge in [0.15, 0.2) is 5.78 Å². The fourth-order valence-corrected chi connectivity index (χ4v) is 10.4. The predicted molar refractivity (Wildman–Crippen MR) is 236 cm³/mol. The normalized spacial score (nSPS) is 25.4. The zero-order chi connectivity index (χ0) is 44.7. The van der Waals surface area contributed by atoms with Gasteiger partial charge in [-0.25, -0.2) is 4.39 Å². The van der Waals surface area contributed by atoms with Gasteiger partial charge in [-0.3, -0.25) is 24.1 Å². The van der Waals surface area contributed by atoms with Gasteiger partial charge in [0.25, 0.3) is 11.8 Å². The van der Waals surface area contributed by atoms with Gasteiger partial charge in [-0.1, -0.05) is 33.6 Å². The molecule has 3 saturated carbocycles. The van der Waals surface area contributed by atoms with Crippen molar-refractivity contribution in [1.29, 1.82) is 0 Å². The first kappa shape index (κ1) is 44.8. The lowest BCUT2D eigenvalue weighted by Crippen LogP contribution is -2.74. The highest BCUT2D eigenvalue weighted by Gasteiger charge is 2.64. The van der Waals surface area contributed by atoms with Crippen LogP contribution in [0.2, 0.25) is 0 Å². The molecule has 3 aromatic carbocycles. The number of carbonyl (C=O) groups is 4. The van der Waals surface area contributed by atoms with E-state index >= 15 is 0 Å². The molecular formula is C50H61FN4O7. The van der Waals surface area contributed by atoms with E-state index in [1.807, 2.05) is 50.2 Å². The number of halogens is 1. The predicted octanol–water partition coefficient (Wildman–Crippen LogP) is 6.98. The van der Waals surface area contributed by atoms with Crippen molar-refractivity contribution in [1.82, 2.24) is 15.5 Å². The Bertz CT molecular complexity index is 2200. The minimum atomic E-state index is -0.800. The van der Waals surface area contributed by atoms with Gasteiger partial charge < -0.3 is 29.7 Å². The number of ketones is 2. The first-order chi connectivity index (χ1) is 29.3. The number of amides is 2. The monoisotopic (exact) mass is 848 g/mol. The average Bonchev–Trinajstić information content (AvgIpc) is 3.20. The second kappa shape index (κ2) is 17.9. The molecule has 62 heavy (non-hydrogen) atoms. The Kier molecular flexibility index (Phi) is 12.9. The Morgan fingerprint density at radius 1 is 0.952 bits per heavy atom. The second-order valence-corrected chi connectivity index (χ2v) is 19.2. The molecular weight excluding hydrogens is 788 g/mol. The number of terminal acetylenes is 1. The Balaban J connectivity index is 0.899. The van der Waals surface area contributed by atoms with Crippen LogP contribution in [0.4, 0.5) is 10.1 Å². The first-order valence-corrected chi connectivity index (χ1v) is 21.9. The maximum absolute atomic E-state index is 14.7. The van der Waals surface area contributed by atoms with Gasteiger partial charge in [0.05, 0.1) is 30.7 Å². The van der Waals surface area contributed by atoms with Crippen LogP contribution in [0.1, 0.15) is 111 Å². The molecule has 1 unspecified atom stereocenters. The van der Waals surface area contributed by atoms with Gasteiger partial charge in [-0.15, -0.1) is 6.42 Å². The van der Waals surface area contributed by atoms with E-state index in [4.69, 9.17) is 20.6 Å². The third-order valence-electron chi connectivity index (χ3n) is 13.5. The van der Waals surface area contributed by atoms with Crippen molar-refractivity contribution >= 4 is 29.1 Å². The zero-order valence-electron chi connectivity index (χ0n) is 37.3. The highest BCUT2D eigenvalue weighted by atomic mass is 19.1. The quantitative estimate of drug-likeness (QED) is 0.139. The van der Waals surface area contributed by atoms with E-state index in [1.165, 1.54) is 18.2 Å². The summed E-state index contributed by atoms with van der Waals surface area (Å²) in [6, 6.07) is 15.5. The molecule has 0 spiro atoms. The maximum atomic E-state index is 14.7. The lowest BCUT2D eigenvalue weighted by molar-refractivity contribution is -0.164. The van der Waals surface area contributed by atoms with E-state index in [0.29, 0.717) is 24.5 Å². The molecule has 2 atom stereocenters. The molecule has 3 aliphatic carbocycles. The van der Waals surface area contributed by atoms with Crippen LogP contribution in [0.3, 0.4) is 0 Å². The second-order valence-electron chi connectivity index (χ2n) is 19.2. The van der Waals surface area contributed by atoms with E-state index in [2.05, 4.69) is 67.9 Å². The number of hydrogen-bond donors (Lipinski definition) is 2. The fourth-order valence-electron chi connectivity index (χ4n) is 10.4. The Hall–Kier alpha value is -5.25. The summed E-state index contributed by atoms with van der Waals surface area (Å²) in [5.74, 6) is 1.92. The maximum Gasteiger partial charge on any atom is 0.254 e. The van der Waals surface area contributed by atoms with Crippen molar-refractivity contribution in [3.05, 3.63) is 88.2 Å². The van der Waals surface area contributed by atoms with Crippen LogP contribution in [0, 0.1) is 42.8 Å². The summed E-state index contributed by atoms with van der Waals surface area (Å²) in [6.45, 7) is 19.7. The third kappa shape index (κ3) is 9.25. The summed E-state index contributed by atoms with van der Waals surface area (Å²) in [5.41, 5.74) is 3.72. The van der Waals surface area contributed by atoms with Crippen LogP contribution in [0.25, 0.3) is 0 Å². The van der Waals surface area contributed by atoms with Gasteiger partial charge in [0.2, 0.25) is 0 Å². The molecule has 0 radical (unpaired) electrons. The number of aryl methyl sites for hydroxylation is 2. The number of ether oxygens (including phenoxy) is 3. The number of morpholine rings is 1. The number of nitrogens with zero attached hydrogens (tertiary/aromatic N) is 2. The number of rotatable bonds is 13. The van der Waals surface area contributed by atoms with E-state index in [-0.39, 0.29) is 89.6 Å². The van der Waals surface area contributed by atoms with Crippen molar-refractivity contribution in [2.24, 2.45) is 10.8 Å². The molecule has 330 valence electrons. The third-order valence-corrected chi connectivity index (χ3v) is 13.5. The minimum absolute atomic E-state index is 0.0252. The molecule has 12 heteroatoms. The number of Topliss-reactive ketones (excluding diaryl/α,β-unsaturated/α-hetero) is 2. The fraction of sp³-hybridized carbons (Fsp3) is 0.520. The smallest absolute Gasteiger partial charge is 0.254 e. The van der Waals surface area contributed by atoms with Gasteiger partial charge in [-0.2, -0.15) is 0 Å². The van der Waals surface area contributed by atoms with Crippen molar-refractivity contribution in [3.8, 4) is 23.8 Å². The Morgan fingerprint density at radius 2 is 1.63 bits per heavy atom. The van der Waals surface area contributed by atoms with Crippen molar-refractivity contribution in [3.63, 3.8) is 0 Å². The van der Waals surface area contributed by atoms with Gasteiger partial charge in [0, 0.05) is 84.7 Å². The van der Waals surface area contributed by atoms with Crippen LogP contribution in [-0.2, 0) is 14.3 Å². The van der Waals surface area contributed by atoms with Crippen molar-refractivity contribution in [2.45, 2.75) is 130 Å². The molecule has 2 N–H and O–H groups in total. The highest BCUT2D eigenvalue weighted by molar-refractivity contribution is 6.06. The highest BCUT2D eigenvalue weighted by Crippen LogP contribution is 2.55. The van der Waals surface area contributed by atoms with Crippen LogP contribution in [0.5, 0.6) is 11.5 Å². The SMILES string of the molecule is C#Cc1c(C)cc(OC2C(C)(C)C(NC(=O)c3ccc(N4CCOC(CN(C(C)C)C5CC(Oc6ccc(F)c(C(=O)N[C@H]7CCC(=O)CC7=O)c6)C5)C4)cc3)C2(C)C)cc1C. The largest absolute Gasteiger partial charge is 0.490 e. The van der Waals surface area contributed by atoms with E-state index < -0.39 is 17.8 Å². The molecule has 1 saturated heterocycles. The van der Waals surface area contributed by atoms with E-state index in [1.54, 1.807) is 0 Å². The number of benzene rings is 3. The van der Waals surface area contributed by atoms with Gasteiger partial charge in [-0.05, 0) is 99.8 Å². The summed E-state index contributed by atoms with van der Waals surface area (Å²) in [7, 11) is 0. The summed E-state index contributed by atoms with van der Waals surface area (Å²) in [4.78, 5) is 55.2.